The first-order chi connectivity index (χ1) is 12.7. The lowest BCUT2D eigenvalue weighted by Gasteiger charge is -2.24. The summed E-state index contributed by atoms with van der Waals surface area (Å²) in [5.74, 6) is 1.55. The molecule has 26 heavy (non-hydrogen) atoms. The molecule has 136 valence electrons. The average molecular weight is 369 g/mol. The summed E-state index contributed by atoms with van der Waals surface area (Å²) < 4.78 is 2.12. The van der Waals surface area contributed by atoms with E-state index in [2.05, 4.69) is 27.8 Å². The van der Waals surface area contributed by atoms with Gasteiger partial charge in [0.1, 0.15) is 5.82 Å². The molecule has 2 aromatic rings. The van der Waals surface area contributed by atoms with Gasteiger partial charge < -0.3 is 9.47 Å². The molecule has 0 aliphatic heterocycles. The van der Waals surface area contributed by atoms with Gasteiger partial charge in [0.05, 0.1) is 17.7 Å². The number of carbonyl (C=O) groups excluding carboxylic acids is 1. The van der Waals surface area contributed by atoms with Crippen molar-refractivity contribution in [3.8, 4) is 6.07 Å². The summed E-state index contributed by atoms with van der Waals surface area (Å²) in [6.07, 6.45) is 2.65. The van der Waals surface area contributed by atoms with E-state index in [-0.39, 0.29) is 11.2 Å². The molecule has 0 N–H and O–H groups in total. The quantitative estimate of drug-likeness (QED) is 0.665. The lowest BCUT2D eigenvalue weighted by Crippen LogP contribution is -2.37. The van der Waals surface area contributed by atoms with Crippen LogP contribution in [0.3, 0.4) is 0 Å². The number of carbonyl (C=O) groups is 1. The molecule has 0 unspecified atom stereocenters. The fourth-order valence-electron chi connectivity index (χ4n) is 2.89. The first kappa shape index (κ1) is 18.5. The number of anilines is 1. The summed E-state index contributed by atoms with van der Waals surface area (Å²) in [6, 6.07) is 11.6. The molecule has 0 saturated heterocycles. The molecule has 1 atom stereocenters. The molecule has 1 aromatic carbocycles. The molecule has 1 aromatic heterocycles. The van der Waals surface area contributed by atoms with Crippen molar-refractivity contribution in [2.24, 2.45) is 0 Å². The van der Waals surface area contributed by atoms with Crippen LogP contribution in [0.5, 0.6) is 0 Å². The van der Waals surface area contributed by atoms with Crippen molar-refractivity contribution in [2.75, 3.05) is 11.4 Å². The number of thioether (sulfide) groups is 1. The standard InChI is InChI=1S/C19H23N5OS/c1-3-23-17(15-10-11-15)21-22-19(23)26-14(2)18(25)24(13-7-12-20)16-8-5-4-6-9-16/h4-6,8-9,14-15H,3,7,10-11,13H2,1-2H3/t14-/m1/s1. The van der Waals surface area contributed by atoms with Crippen LogP contribution in [0.1, 0.15) is 44.9 Å². The number of rotatable bonds is 8. The van der Waals surface area contributed by atoms with Gasteiger partial charge in [0.2, 0.25) is 5.91 Å². The second-order valence-electron chi connectivity index (χ2n) is 6.35. The Kier molecular flexibility index (Phi) is 5.94. The van der Waals surface area contributed by atoms with E-state index in [1.165, 1.54) is 24.6 Å². The lowest BCUT2D eigenvalue weighted by molar-refractivity contribution is -0.117. The Bertz CT molecular complexity index is 794. The van der Waals surface area contributed by atoms with Gasteiger partial charge in [0.25, 0.3) is 0 Å². The summed E-state index contributed by atoms with van der Waals surface area (Å²) in [5.41, 5.74) is 0.816. The van der Waals surface area contributed by atoms with Gasteiger partial charge >= 0.3 is 0 Å². The fraction of sp³-hybridized carbons (Fsp3) is 0.474. The minimum atomic E-state index is -0.310. The Labute approximate surface area is 158 Å². The van der Waals surface area contributed by atoms with Gasteiger partial charge in [0, 0.05) is 24.7 Å². The van der Waals surface area contributed by atoms with Crippen LogP contribution in [0.4, 0.5) is 5.69 Å². The highest BCUT2D eigenvalue weighted by Crippen LogP contribution is 2.40. The van der Waals surface area contributed by atoms with Gasteiger partial charge in [-0.3, -0.25) is 4.79 Å². The zero-order valence-corrected chi connectivity index (χ0v) is 15.9. The van der Waals surface area contributed by atoms with Crippen LogP contribution in [-0.2, 0) is 11.3 Å². The van der Waals surface area contributed by atoms with Crippen molar-refractivity contribution >= 4 is 23.4 Å². The normalized spacial score (nSPS) is 14.7. The fourth-order valence-corrected chi connectivity index (χ4v) is 3.87. The lowest BCUT2D eigenvalue weighted by atomic mass is 10.2. The van der Waals surface area contributed by atoms with Crippen molar-refractivity contribution < 1.29 is 4.79 Å². The predicted octanol–water partition coefficient (Wildman–Crippen LogP) is 3.60. The predicted molar refractivity (Wildman–Crippen MR) is 102 cm³/mol. The number of nitriles is 1. The van der Waals surface area contributed by atoms with E-state index >= 15 is 0 Å². The Balaban J connectivity index is 1.76. The highest BCUT2D eigenvalue weighted by molar-refractivity contribution is 8.00. The second-order valence-corrected chi connectivity index (χ2v) is 7.66. The van der Waals surface area contributed by atoms with E-state index < -0.39 is 0 Å². The molecule has 1 fully saturated rings. The Morgan fingerprint density at radius 1 is 1.38 bits per heavy atom. The molecule has 1 heterocycles. The maximum atomic E-state index is 13.0. The number of hydrogen-bond acceptors (Lipinski definition) is 5. The van der Waals surface area contributed by atoms with E-state index in [4.69, 9.17) is 5.26 Å². The van der Waals surface area contributed by atoms with Gasteiger partial charge in [-0.2, -0.15) is 5.26 Å². The van der Waals surface area contributed by atoms with Crippen LogP contribution in [0.2, 0.25) is 0 Å². The Hall–Kier alpha value is -2.33. The number of amides is 1. The molecule has 3 rings (SSSR count). The summed E-state index contributed by atoms with van der Waals surface area (Å²) in [5, 5.41) is 18.1. The zero-order valence-electron chi connectivity index (χ0n) is 15.1. The monoisotopic (exact) mass is 369 g/mol. The number of nitrogens with zero attached hydrogens (tertiary/aromatic N) is 5. The Morgan fingerprint density at radius 2 is 2.12 bits per heavy atom. The van der Waals surface area contributed by atoms with Crippen LogP contribution in [-0.4, -0.2) is 32.5 Å². The number of para-hydroxylation sites is 1. The van der Waals surface area contributed by atoms with Gasteiger partial charge in [-0.05, 0) is 38.8 Å². The molecule has 6 nitrogen and oxygen atoms in total. The van der Waals surface area contributed by atoms with E-state index in [1.54, 1.807) is 4.90 Å². The highest BCUT2D eigenvalue weighted by Gasteiger charge is 2.31. The number of hydrogen-bond donors (Lipinski definition) is 0. The molecular formula is C19H23N5OS. The van der Waals surface area contributed by atoms with Crippen molar-refractivity contribution in [1.29, 1.82) is 5.26 Å². The SMILES string of the molecule is CCn1c(S[C@H](C)C(=O)N(CCC#N)c2ccccc2)nnc1C1CC1. The summed E-state index contributed by atoms with van der Waals surface area (Å²) in [6.45, 7) is 5.16. The van der Waals surface area contributed by atoms with Crippen molar-refractivity contribution in [3.63, 3.8) is 0 Å². The molecule has 1 aliphatic carbocycles. The number of benzene rings is 1. The molecule has 1 amide bonds. The van der Waals surface area contributed by atoms with E-state index in [0.717, 1.165) is 23.2 Å². The minimum Gasteiger partial charge on any atom is -0.310 e. The van der Waals surface area contributed by atoms with Gasteiger partial charge in [-0.1, -0.05) is 30.0 Å². The largest absolute Gasteiger partial charge is 0.310 e. The molecular weight excluding hydrogens is 346 g/mol. The molecule has 0 radical (unpaired) electrons. The first-order valence-corrected chi connectivity index (χ1v) is 9.86. The molecule has 1 saturated carbocycles. The maximum Gasteiger partial charge on any atom is 0.240 e. The van der Waals surface area contributed by atoms with Crippen LogP contribution in [0.15, 0.2) is 35.5 Å². The van der Waals surface area contributed by atoms with Crippen LogP contribution in [0.25, 0.3) is 0 Å². The van der Waals surface area contributed by atoms with Crippen LogP contribution >= 0.6 is 11.8 Å². The second kappa shape index (κ2) is 8.37. The third-order valence-corrected chi connectivity index (χ3v) is 5.48. The summed E-state index contributed by atoms with van der Waals surface area (Å²) in [4.78, 5) is 14.7. The van der Waals surface area contributed by atoms with E-state index in [0.29, 0.717) is 18.9 Å². The zero-order chi connectivity index (χ0) is 18.5. The highest BCUT2D eigenvalue weighted by atomic mass is 32.2. The molecule has 0 spiro atoms. The van der Waals surface area contributed by atoms with E-state index in [9.17, 15) is 4.79 Å². The third kappa shape index (κ3) is 4.07. The summed E-state index contributed by atoms with van der Waals surface area (Å²) in [7, 11) is 0. The molecule has 7 heteroatoms. The van der Waals surface area contributed by atoms with Crippen molar-refractivity contribution in [1.82, 2.24) is 14.8 Å². The summed E-state index contributed by atoms with van der Waals surface area (Å²) >= 11 is 1.44. The molecule has 0 bridgehead atoms. The van der Waals surface area contributed by atoms with Gasteiger partial charge in [0.15, 0.2) is 5.16 Å². The van der Waals surface area contributed by atoms with Gasteiger partial charge in [-0.15, -0.1) is 10.2 Å². The van der Waals surface area contributed by atoms with Gasteiger partial charge in [-0.25, -0.2) is 0 Å². The minimum absolute atomic E-state index is 0.0184. The average Bonchev–Trinajstić information content (AvgIpc) is 3.43. The third-order valence-electron chi connectivity index (χ3n) is 4.42. The smallest absolute Gasteiger partial charge is 0.240 e. The molecule has 1 aliphatic rings. The Morgan fingerprint density at radius 3 is 2.73 bits per heavy atom. The number of aromatic nitrogens is 3. The van der Waals surface area contributed by atoms with Crippen molar-refractivity contribution in [2.45, 2.75) is 56.0 Å². The van der Waals surface area contributed by atoms with Crippen molar-refractivity contribution in [3.05, 3.63) is 36.2 Å². The van der Waals surface area contributed by atoms with E-state index in [1.807, 2.05) is 37.3 Å². The maximum absolute atomic E-state index is 13.0. The van der Waals surface area contributed by atoms with Crippen LogP contribution < -0.4 is 4.90 Å². The topological polar surface area (TPSA) is 74.8 Å². The first-order valence-electron chi connectivity index (χ1n) is 8.98. The van der Waals surface area contributed by atoms with Crippen LogP contribution in [0, 0.1) is 11.3 Å².